The van der Waals surface area contributed by atoms with E-state index in [1.54, 1.807) is 7.11 Å². The van der Waals surface area contributed by atoms with Gasteiger partial charge in [0, 0.05) is 6.54 Å². The summed E-state index contributed by atoms with van der Waals surface area (Å²) in [6.07, 6.45) is 1.10. The molecule has 2 N–H and O–H groups in total. The van der Waals surface area contributed by atoms with Gasteiger partial charge in [-0.3, -0.25) is 0 Å². The monoisotopic (exact) mass is 195 g/mol. The summed E-state index contributed by atoms with van der Waals surface area (Å²) < 4.78 is 17.3. The highest BCUT2D eigenvalue weighted by Crippen LogP contribution is 2.15. The third-order valence-electron chi connectivity index (χ3n) is 1.98. The third kappa shape index (κ3) is 2.85. The lowest BCUT2D eigenvalue weighted by Gasteiger charge is -2.05. The number of nitrogens with two attached hydrogens (primary N) is 1. The van der Waals surface area contributed by atoms with Crippen LogP contribution in [0.4, 0.5) is 4.39 Å². The Kier molecular flexibility index (Phi) is 4.13. The van der Waals surface area contributed by atoms with Gasteiger partial charge < -0.3 is 10.5 Å². The van der Waals surface area contributed by atoms with E-state index in [1.165, 1.54) is 0 Å². The first-order valence-electron chi connectivity index (χ1n) is 4.41. The van der Waals surface area contributed by atoms with E-state index in [4.69, 9.17) is 10.5 Å². The minimum Gasteiger partial charge on any atom is -0.497 e. The summed E-state index contributed by atoms with van der Waals surface area (Å²) in [7, 11) is 1.61. The van der Waals surface area contributed by atoms with E-state index in [0.29, 0.717) is 18.3 Å². The molecule has 0 saturated carbocycles. The third-order valence-corrected chi connectivity index (χ3v) is 1.98. The van der Waals surface area contributed by atoms with Crippen LogP contribution >= 0.6 is 0 Å². The zero-order valence-electron chi connectivity index (χ0n) is 8.16. The summed E-state index contributed by atoms with van der Waals surface area (Å²) in [6.45, 7) is 0.244. The van der Waals surface area contributed by atoms with Gasteiger partial charge in [0.2, 0.25) is 0 Å². The molecule has 3 heteroatoms. The molecular weight excluding hydrogens is 181 g/mol. The van der Waals surface area contributed by atoms with Gasteiger partial charge in [0.15, 0.2) is 0 Å². The molecular formula is C11H14FNO. The zero-order chi connectivity index (χ0) is 10.4. The minimum absolute atomic E-state index is 0.244. The number of ether oxygens (including phenoxy) is 1. The summed E-state index contributed by atoms with van der Waals surface area (Å²) in [5.74, 6) is 0.776. The van der Waals surface area contributed by atoms with E-state index in [0.717, 1.165) is 11.3 Å². The van der Waals surface area contributed by atoms with Crippen molar-refractivity contribution in [2.75, 3.05) is 13.7 Å². The van der Waals surface area contributed by atoms with Gasteiger partial charge in [0.25, 0.3) is 0 Å². The van der Waals surface area contributed by atoms with Gasteiger partial charge in [-0.25, -0.2) is 4.39 Å². The molecule has 2 nitrogen and oxygen atoms in total. The Morgan fingerprint density at radius 1 is 1.57 bits per heavy atom. The van der Waals surface area contributed by atoms with Crippen LogP contribution in [0, 0.1) is 0 Å². The van der Waals surface area contributed by atoms with Gasteiger partial charge in [0.05, 0.1) is 13.4 Å². The van der Waals surface area contributed by atoms with E-state index in [2.05, 4.69) is 0 Å². The van der Waals surface area contributed by atoms with Crippen LogP contribution in [0.2, 0.25) is 0 Å². The summed E-state index contributed by atoms with van der Waals surface area (Å²) in [5.41, 5.74) is 6.94. The van der Waals surface area contributed by atoms with Gasteiger partial charge in [-0.1, -0.05) is 12.1 Å². The molecule has 1 aromatic carbocycles. The van der Waals surface area contributed by atoms with Crippen LogP contribution in [0.15, 0.2) is 36.2 Å². The topological polar surface area (TPSA) is 35.2 Å². The van der Waals surface area contributed by atoms with Crippen LogP contribution in [-0.2, 0) is 6.42 Å². The van der Waals surface area contributed by atoms with E-state index in [9.17, 15) is 4.39 Å². The number of hydrogen-bond donors (Lipinski definition) is 1. The van der Waals surface area contributed by atoms with Crippen molar-refractivity contribution in [3.8, 4) is 5.75 Å². The van der Waals surface area contributed by atoms with Crippen molar-refractivity contribution in [1.29, 1.82) is 0 Å². The second kappa shape index (κ2) is 5.40. The second-order valence-corrected chi connectivity index (χ2v) is 3.00. The summed E-state index contributed by atoms with van der Waals surface area (Å²) >= 11 is 0. The number of methoxy groups -OCH3 is 1. The molecule has 0 bridgehead atoms. The van der Waals surface area contributed by atoms with E-state index in [-0.39, 0.29) is 6.54 Å². The molecule has 0 aliphatic rings. The molecule has 0 atom stereocenters. The molecule has 0 aliphatic carbocycles. The predicted molar refractivity (Wildman–Crippen MR) is 54.9 cm³/mol. The Bertz CT molecular complexity index is 323. The highest BCUT2D eigenvalue weighted by Gasteiger charge is 1.99. The summed E-state index contributed by atoms with van der Waals surface area (Å²) in [5, 5.41) is 0. The molecule has 0 aromatic heterocycles. The van der Waals surface area contributed by atoms with Crippen molar-refractivity contribution in [3.05, 3.63) is 41.7 Å². The molecule has 0 radical (unpaired) electrons. The van der Waals surface area contributed by atoms with Crippen LogP contribution < -0.4 is 10.5 Å². The Morgan fingerprint density at radius 3 is 2.93 bits per heavy atom. The maximum Gasteiger partial charge on any atom is 0.119 e. The molecule has 0 fully saturated rings. The second-order valence-electron chi connectivity index (χ2n) is 3.00. The molecule has 0 unspecified atom stereocenters. The highest BCUT2D eigenvalue weighted by atomic mass is 19.1. The Labute approximate surface area is 83.2 Å². The van der Waals surface area contributed by atoms with Gasteiger partial charge in [-0.15, -0.1) is 0 Å². The van der Waals surface area contributed by atoms with Crippen molar-refractivity contribution in [3.63, 3.8) is 0 Å². The summed E-state index contributed by atoms with van der Waals surface area (Å²) in [6, 6.07) is 7.52. The molecule has 14 heavy (non-hydrogen) atoms. The largest absolute Gasteiger partial charge is 0.497 e. The maximum absolute atomic E-state index is 12.3. The maximum atomic E-state index is 12.3. The molecule has 0 amide bonds. The van der Waals surface area contributed by atoms with Gasteiger partial charge in [-0.2, -0.15) is 0 Å². The first-order valence-corrected chi connectivity index (χ1v) is 4.41. The van der Waals surface area contributed by atoms with Crippen molar-refractivity contribution in [1.82, 2.24) is 0 Å². The average molecular weight is 195 g/mol. The van der Waals surface area contributed by atoms with E-state index in [1.807, 2.05) is 24.3 Å². The van der Waals surface area contributed by atoms with Crippen LogP contribution in [0.3, 0.4) is 0 Å². The molecule has 0 spiro atoms. The fourth-order valence-electron chi connectivity index (χ4n) is 1.20. The Morgan fingerprint density at radius 2 is 2.36 bits per heavy atom. The molecule has 0 saturated heterocycles. The number of rotatable bonds is 4. The first-order chi connectivity index (χ1) is 6.80. The lowest BCUT2D eigenvalue weighted by atomic mass is 10.1. The number of halogens is 1. The highest BCUT2D eigenvalue weighted by molar-refractivity contribution is 5.31. The normalized spacial score (nSPS) is 11.5. The predicted octanol–water partition coefficient (Wildman–Crippen LogP) is 2.05. The van der Waals surface area contributed by atoms with Gasteiger partial charge >= 0.3 is 0 Å². The fraction of sp³-hybridized carbons (Fsp3) is 0.273. The minimum atomic E-state index is 0.244. The Hall–Kier alpha value is -1.35. The van der Waals surface area contributed by atoms with E-state index < -0.39 is 0 Å². The van der Waals surface area contributed by atoms with Crippen LogP contribution in [-0.4, -0.2) is 13.7 Å². The van der Waals surface area contributed by atoms with Crippen LogP contribution in [0.25, 0.3) is 0 Å². The van der Waals surface area contributed by atoms with Crippen molar-refractivity contribution >= 4 is 0 Å². The van der Waals surface area contributed by atoms with Crippen molar-refractivity contribution in [2.24, 2.45) is 5.73 Å². The van der Waals surface area contributed by atoms with E-state index >= 15 is 0 Å². The molecule has 76 valence electrons. The fourth-order valence-corrected chi connectivity index (χ4v) is 1.20. The SMILES string of the molecule is COc1cccc(CC(=CF)CN)c1. The quantitative estimate of drug-likeness (QED) is 0.798. The molecule has 0 heterocycles. The Balaban J connectivity index is 2.76. The standard InChI is InChI=1S/C11H14FNO/c1-14-11-4-2-3-9(6-11)5-10(7-12)8-13/h2-4,6-7H,5,8,13H2,1H3. The molecule has 1 aromatic rings. The zero-order valence-corrected chi connectivity index (χ0v) is 8.16. The first kappa shape index (κ1) is 10.7. The van der Waals surface area contributed by atoms with Gasteiger partial charge in [0.1, 0.15) is 5.75 Å². The van der Waals surface area contributed by atoms with Crippen molar-refractivity contribution in [2.45, 2.75) is 6.42 Å². The average Bonchev–Trinajstić information content (AvgIpc) is 2.26. The molecule has 1 rings (SSSR count). The smallest absolute Gasteiger partial charge is 0.119 e. The lowest BCUT2D eigenvalue weighted by Crippen LogP contribution is -2.05. The van der Waals surface area contributed by atoms with Crippen LogP contribution in [0.5, 0.6) is 5.75 Å². The summed E-state index contributed by atoms with van der Waals surface area (Å²) in [4.78, 5) is 0. The van der Waals surface area contributed by atoms with Crippen molar-refractivity contribution < 1.29 is 9.13 Å². The molecule has 0 aliphatic heterocycles. The van der Waals surface area contributed by atoms with Gasteiger partial charge in [-0.05, 0) is 29.7 Å². The lowest BCUT2D eigenvalue weighted by molar-refractivity contribution is 0.414. The number of hydrogen-bond acceptors (Lipinski definition) is 2. The van der Waals surface area contributed by atoms with Crippen LogP contribution in [0.1, 0.15) is 5.56 Å². The number of benzene rings is 1.